The largest absolute Gasteiger partial charge is 0.466 e. The second-order valence-electron chi connectivity index (χ2n) is 12.7. The molecular weight excluding hydrogens is 678 g/mol. The quantitative estimate of drug-likeness (QED) is 0.0975. The van der Waals surface area contributed by atoms with Crippen LogP contribution in [0.25, 0.3) is 0 Å². The van der Waals surface area contributed by atoms with Crippen molar-refractivity contribution in [2.45, 2.75) is 25.7 Å². The average molecular weight is 721 g/mol. The molecule has 6 aromatic carbocycles. The summed E-state index contributed by atoms with van der Waals surface area (Å²) in [5.41, 5.74) is 2.15. The highest BCUT2D eigenvalue weighted by Crippen LogP contribution is 2.60. The first-order valence-corrected chi connectivity index (χ1v) is 20.6. The van der Waals surface area contributed by atoms with E-state index in [0.717, 1.165) is 11.1 Å². The van der Waals surface area contributed by atoms with Crippen molar-refractivity contribution in [3.05, 3.63) is 181 Å². The van der Waals surface area contributed by atoms with Gasteiger partial charge in [-0.1, -0.05) is 170 Å². The minimum atomic E-state index is -0.998. The van der Waals surface area contributed by atoms with Crippen LogP contribution in [-0.2, 0) is 19.1 Å². The maximum atomic E-state index is 14.2. The van der Waals surface area contributed by atoms with E-state index in [1.165, 1.54) is 31.8 Å². The van der Waals surface area contributed by atoms with Gasteiger partial charge in [-0.15, -0.1) is 0 Å². The summed E-state index contributed by atoms with van der Waals surface area (Å²) < 4.78 is 11.6. The van der Waals surface area contributed by atoms with Crippen LogP contribution in [0.3, 0.4) is 0 Å². The number of carbonyl (C=O) groups excluding carboxylic acids is 2. The fourth-order valence-electron chi connectivity index (χ4n) is 7.69. The van der Waals surface area contributed by atoms with E-state index < -0.39 is 27.7 Å². The zero-order chi connectivity index (χ0) is 35.9. The maximum Gasteiger partial charge on any atom is 0.310 e. The monoisotopic (exact) mass is 720 g/mol. The Kier molecular flexibility index (Phi) is 11.4. The Morgan fingerprint density at radius 1 is 0.423 bits per heavy atom. The third-order valence-electron chi connectivity index (χ3n) is 9.80. The standard InChI is InChI=1S/C46H42O4P2/c1-3-49-45(47)43-41(37-29-17-19-31-39(37)51(33-21-9-5-10-22-33)34-23-11-6-12-24-34)42(44(43)46(48)50-4-2)38-30-18-20-32-40(38)52(35-25-13-7-14-26-35)36-27-15-8-16-28-36/h5-32,41-44H,3-4H2,1-2H3/t41-,42-,43-,44-/m1/s1. The highest BCUT2D eigenvalue weighted by atomic mass is 31.1. The van der Waals surface area contributed by atoms with E-state index in [1.807, 2.05) is 38.1 Å². The third kappa shape index (κ3) is 7.11. The van der Waals surface area contributed by atoms with Crippen LogP contribution in [0.15, 0.2) is 170 Å². The molecule has 52 heavy (non-hydrogen) atoms. The molecule has 0 amide bonds. The minimum absolute atomic E-state index is 0.231. The highest BCUT2D eigenvalue weighted by Gasteiger charge is 2.61. The SMILES string of the molecule is CCOC(=O)[C@H]1[C@H](C(=O)OCC)[C@H](c2ccccc2P(c2ccccc2)c2ccccc2)[C@H]1c1ccccc1P(c1ccccc1)c1ccccc1. The van der Waals surface area contributed by atoms with Gasteiger partial charge in [-0.25, -0.2) is 0 Å². The molecule has 6 aromatic rings. The van der Waals surface area contributed by atoms with Crippen LogP contribution in [0.5, 0.6) is 0 Å². The van der Waals surface area contributed by atoms with E-state index in [9.17, 15) is 9.59 Å². The second-order valence-corrected chi connectivity index (χ2v) is 17.1. The van der Waals surface area contributed by atoms with Gasteiger partial charge in [0, 0.05) is 11.8 Å². The van der Waals surface area contributed by atoms with Crippen LogP contribution < -0.4 is 31.8 Å². The number of ether oxygens (including phenoxy) is 2. The smallest absolute Gasteiger partial charge is 0.310 e. The molecule has 7 rings (SSSR count). The van der Waals surface area contributed by atoms with Crippen LogP contribution in [-0.4, -0.2) is 25.2 Å². The lowest BCUT2D eigenvalue weighted by Crippen LogP contribution is -2.54. The lowest BCUT2D eigenvalue weighted by Gasteiger charge is -2.51. The van der Waals surface area contributed by atoms with Gasteiger partial charge in [0.05, 0.1) is 25.0 Å². The lowest BCUT2D eigenvalue weighted by atomic mass is 9.52. The van der Waals surface area contributed by atoms with Gasteiger partial charge in [-0.2, -0.15) is 0 Å². The average Bonchev–Trinajstić information content (AvgIpc) is 3.18. The molecule has 6 heteroatoms. The highest BCUT2D eigenvalue weighted by molar-refractivity contribution is 7.80. The van der Waals surface area contributed by atoms with Crippen LogP contribution in [0.4, 0.5) is 0 Å². The molecule has 1 aliphatic rings. The zero-order valence-corrected chi connectivity index (χ0v) is 31.2. The summed E-state index contributed by atoms with van der Waals surface area (Å²) in [6, 6.07) is 59.5. The Bertz CT molecular complexity index is 1860. The summed E-state index contributed by atoms with van der Waals surface area (Å²) in [5, 5.41) is 7.23. The number of hydrogen-bond donors (Lipinski definition) is 0. The number of benzene rings is 6. The van der Waals surface area contributed by atoms with Gasteiger partial charge in [0.2, 0.25) is 0 Å². The molecule has 0 bridgehead atoms. The summed E-state index contributed by atoms with van der Waals surface area (Å²) >= 11 is 0. The van der Waals surface area contributed by atoms with Crippen molar-refractivity contribution in [1.82, 2.24) is 0 Å². The van der Waals surface area contributed by atoms with Crippen molar-refractivity contribution in [3.63, 3.8) is 0 Å². The molecule has 0 unspecified atom stereocenters. The summed E-state index contributed by atoms with van der Waals surface area (Å²) in [4.78, 5) is 28.3. The summed E-state index contributed by atoms with van der Waals surface area (Å²) in [6.07, 6.45) is 0. The first-order valence-electron chi connectivity index (χ1n) is 17.9. The zero-order valence-electron chi connectivity index (χ0n) is 29.4. The second kappa shape index (κ2) is 16.6. The number of hydrogen-bond acceptors (Lipinski definition) is 4. The van der Waals surface area contributed by atoms with Crippen molar-refractivity contribution in [1.29, 1.82) is 0 Å². The van der Waals surface area contributed by atoms with Crippen LogP contribution in [0.1, 0.15) is 36.8 Å². The van der Waals surface area contributed by atoms with E-state index >= 15 is 0 Å². The predicted molar refractivity (Wildman–Crippen MR) is 216 cm³/mol. The van der Waals surface area contributed by atoms with Crippen LogP contribution >= 0.6 is 15.8 Å². The fourth-order valence-corrected chi connectivity index (χ4v) is 12.7. The van der Waals surface area contributed by atoms with Gasteiger partial charge >= 0.3 is 11.9 Å². The molecule has 0 radical (unpaired) electrons. The molecule has 1 fully saturated rings. The Morgan fingerprint density at radius 2 is 0.692 bits per heavy atom. The molecule has 0 aliphatic heterocycles. The molecule has 0 saturated heterocycles. The normalized spacial score (nSPS) is 18.1. The fraction of sp³-hybridized carbons (Fsp3) is 0.174. The minimum Gasteiger partial charge on any atom is -0.466 e. The molecule has 4 nitrogen and oxygen atoms in total. The summed E-state index contributed by atoms with van der Waals surface area (Å²) in [5.74, 6) is -2.78. The lowest BCUT2D eigenvalue weighted by molar-refractivity contribution is -0.171. The molecule has 4 atom stereocenters. The van der Waals surface area contributed by atoms with Crippen molar-refractivity contribution < 1.29 is 19.1 Å². The van der Waals surface area contributed by atoms with Crippen LogP contribution in [0, 0.1) is 11.8 Å². The van der Waals surface area contributed by atoms with Gasteiger partial charge in [-0.05, 0) is 72.6 Å². The predicted octanol–water partition coefficient (Wildman–Crippen LogP) is 7.44. The van der Waals surface area contributed by atoms with Crippen molar-refractivity contribution in [3.8, 4) is 0 Å². The van der Waals surface area contributed by atoms with Crippen molar-refractivity contribution >= 4 is 59.6 Å². The topological polar surface area (TPSA) is 52.6 Å². The molecule has 0 heterocycles. The van der Waals surface area contributed by atoms with Crippen LogP contribution in [0.2, 0.25) is 0 Å². The number of esters is 2. The molecule has 0 N–H and O–H groups in total. The summed E-state index contributed by atoms with van der Waals surface area (Å²) in [6.45, 7) is 4.11. The molecule has 1 aliphatic carbocycles. The Labute approximate surface area is 309 Å². The Hall–Kier alpha value is -4.88. The third-order valence-corrected chi connectivity index (χ3v) is 14.8. The van der Waals surface area contributed by atoms with E-state index in [2.05, 4.69) is 146 Å². The van der Waals surface area contributed by atoms with Crippen molar-refractivity contribution in [2.75, 3.05) is 13.2 Å². The van der Waals surface area contributed by atoms with Crippen molar-refractivity contribution in [2.24, 2.45) is 11.8 Å². The summed E-state index contributed by atoms with van der Waals surface area (Å²) in [7, 11) is -2.00. The molecule has 0 spiro atoms. The first-order chi connectivity index (χ1) is 25.6. The van der Waals surface area contributed by atoms with E-state index in [-0.39, 0.29) is 37.0 Å². The van der Waals surface area contributed by atoms with E-state index in [4.69, 9.17) is 9.47 Å². The molecule has 1 saturated carbocycles. The van der Waals surface area contributed by atoms with Gasteiger partial charge in [-0.3, -0.25) is 9.59 Å². The Morgan fingerprint density at radius 3 is 0.981 bits per heavy atom. The maximum absolute atomic E-state index is 14.2. The van der Waals surface area contributed by atoms with Gasteiger partial charge in [0.25, 0.3) is 0 Å². The number of carbonyl (C=O) groups is 2. The first kappa shape index (κ1) is 35.5. The van der Waals surface area contributed by atoms with E-state index in [1.54, 1.807) is 0 Å². The molecule has 260 valence electrons. The van der Waals surface area contributed by atoms with Gasteiger partial charge < -0.3 is 9.47 Å². The number of rotatable bonds is 12. The molecule has 0 aromatic heterocycles. The van der Waals surface area contributed by atoms with Gasteiger partial charge in [0.1, 0.15) is 0 Å². The Balaban J connectivity index is 1.47. The van der Waals surface area contributed by atoms with Gasteiger partial charge in [0.15, 0.2) is 0 Å². The van der Waals surface area contributed by atoms with E-state index in [0.29, 0.717) is 0 Å². The molecular formula is C46H42O4P2.